The van der Waals surface area contributed by atoms with E-state index in [2.05, 4.69) is 25.9 Å². The summed E-state index contributed by atoms with van der Waals surface area (Å²) in [5, 5.41) is 2.95. The van der Waals surface area contributed by atoms with Gasteiger partial charge in [-0.05, 0) is 51.1 Å². The number of nitrogens with zero attached hydrogens (tertiary/aromatic N) is 3. The maximum Gasteiger partial charge on any atom is 0.255 e. The molecule has 4 aliphatic heterocycles. The van der Waals surface area contributed by atoms with Crippen molar-refractivity contribution in [2.24, 2.45) is 5.41 Å². The molecule has 0 bridgehead atoms. The van der Waals surface area contributed by atoms with Crippen LogP contribution in [0.2, 0.25) is 0 Å². The van der Waals surface area contributed by atoms with Crippen LogP contribution in [-0.4, -0.2) is 64.9 Å². The van der Waals surface area contributed by atoms with Crippen molar-refractivity contribution >= 4 is 11.8 Å². The maximum absolute atomic E-state index is 13.1. The number of fused-ring (bicyclic) bond motifs is 1. The Morgan fingerprint density at radius 2 is 2.04 bits per heavy atom. The first-order valence-electron chi connectivity index (χ1n) is 10.1. The van der Waals surface area contributed by atoms with Crippen LogP contribution in [0, 0.1) is 5.41 Å². The molecule has 5 rings (SSSR count). The topological polar surface area (TPSA) is 57.6 Å². The van der Waals surface area contributed by atoms with Gasteiger partial charge in [0.25, 0.3) is 5.91 Å². The van der Waals surface area contributed by atoms with E-state index in [1.807, 2.05) is 6.07 Å². The Labute approximate surface area is 154 Å². The van der Waals surface area contributed by atoms with Gasteiger partial charge in [0, 0.05) is 50.0 Å². The molecule has 6 nitrogen and oxygen atoms in total. The number of amides is 2. The van der Waals surface area contributed by atoms with Crippen molar-refractivity contribution in [2.75, 3.05) is 32.7 Å². The van der Waals surface area contributed by atoms with Crippen molar-refractivity contribution in [3.05, 3.63) is 23.5 Å². The van der Waals surface area contributed by atoms with Crippen LogP contribution in [0.15, 0.2) is 12.3 Å². The molecule has 2 atom stereocenters. The number of likely N-dealkylation sites (tertiary alicyclic amines) is 2. The molecule has 1 N–H and O–H groups in total. The van der Waals surface area contributed by atoms with Crippen molar-refractivity contribution in [2.45, 2.75) is 51.1 Å². The Balaban J connectivity index is 1.28. The van der Waals surface area contributed by atoms with E-state index in [0.717, 1.165) is 70.5 Å². The van der Waals surface area contributed by atoms with Crippen molar-refractivity contribution < 1.29 is 9.59 Å². The summed E-state index contributed by atoms with van der Waals surface area (Å²) in [5.74, 6) is 0.406. The molecule has 5 heterocycles. The zero-order valence-corrected chi connectivity index (χ0v) is 15.4. The third kappa shape index (κ3) is 2.57. The van der Waals surface area contributed by atoms with Crippen LogP contribution >= 0.6 is 0 Å². The van der Waals surface area contributed by atoms with E-state index in [-0.39, 0.29) is 23.3 Å². The Morgan fingerprint density at radius 3 is 2.88 bits per heavy atom. The molecule has 6 heteroatoms. The fourth-order valence-corrected chi connectivity index (χ4v) is 5.54. The van der Waals surface area contributed by atoms with Crippen LogP contribution in [0.25, 0.3) is 0 Å². The van der Waals surface area contributed by atoms with Crippen LogP contribution in [0.4, 0.5) is 0 Å². The molecule has 0 aliphatic carbocycles. The van der Waals surface area contributed by atoms with Gasteiger partial charge < -0.3 is 14.8 Å². The summed E-state index contributed by atoms with van der Waals surface area (Å²) in [6.45, 7) is 5.50. The highest BCUT2D eigenvalue weighted by Gasteiger charge is 2.47. The number of hydrogen-bond donors (Lipinski definition) is 1. The highest BCUT2D eigenvalue weighted by molar-refractivity contribution is 5.95. The average Bonchev–Trinajstić information content (AvgIpc) is 3.42. The highest BCUT2D eigenvalue weighted by Crippen LogP contribution is 2.41. The van der Waals surface area contributed by atoms with E-state index in [4.69, 9.17) is 0 Å². The molecule has 1 aromatic heterocycles. The average molecular weight is 356 g/mol. The number of carbonyl (C=O) groups is 2. The van der Waals surface area contributed by atoms with E-state index in [1.54, 1.807) is 0 Å². The second-order valence-corrected chi connectivity index (χ2v) is 8.62. The normalized spacial score (nSPS) is 31.6. The number of hydrogen-bond acceptors (Lipinski definition) is 3. The van der Waals surface area contributed by atoms with Gasteiger partial charge in [0.1, 0.15) is 0 Å². The molecule has 2 unspecified atom stereocenters. The molecule has 3 fully saturated rings. The number of aryl methyl sites for hydroxylation is 1. The maximum atomic E-state index is 13.1. The molecule has 140 valence electrons. The number of nitrogens with one attached hydrogen (secondary N) is 1. The predicted molar refractivity (Wildman–Crippen MR) is 97.9 cm³/mol. The van der Waals surface area contributed by atoms with Crippen LogP contribution in [0.3, 0.4) is 0 Å². The van der Waals surface area contributed by atoms with Gasteiger partial charge in [-0.1, -0.05) is 0 Å². The molecule has 1 spiro atoms. The molecule has 0 saturated carbocycles. The van der Waals surface area contributed by atoms with Gasteiger partial charge in [0.2, 0.25) is 5.91 Å². The molecular formula is C20H28N4O2. The van der Waals surface area contributed by atoms with Crippen molar-refractivity contribution in [1.29, 1.82) is 0 Å². The summed E-state index contributed by atoms with van der Waals surface area (Å²) in [7, 11) is 0. The number of aromatic nitrogens is 1. The van der Waals surface area contributed by atoms with Gasteiger partial charge in [0.15, 0.2) is 0 Å². The standard InChI is InChI=1S/C20H28N4O2/c25-18-17(4-8-21-18)23-11-6-20(13-23)7-12-24(14-20)19(26)15-5-10-22-9-2-1-3-16(15)22/h5,10,17H,1-4,6-9,11-14H2,(H,21,25). The quantitative estimate of drug-likeness (QED) is 0.868. The second kappa shape index (κ2) is 6.12. The van der Waals surface area contributed by atoms with Crippen LogP contribution in [-0.2, 0) is 17.8 Å². The summed E-state index contributed by atoms with van der Waals surface area (Å²) < 4.78 is 2.26. The molecule has 1 aromatic rings. The lowest BCUT2D eigenvalue weighted by molar-refractivity contribution is -0.123. The minimum Gasteiger partial charge on any atom is -0.355 e. The first-order chi connectivity index (χ1) is 12.7. The monoisotopic (exact) mass is 356 g/mol. The fourth-order valence-electron chi connectivity index (χ4n) is 5.54. The van der Waals surface area contributed by atoms with E-state index < -0.39 is 0 Å². The summed E-state index contributed by atoms with van der Waals surface area (Å²) >= 11 is 0. The Kier molecular flexibility index (Phi) is 3.85. The minimum atomic E-state index is 0.0534. The zero-order chi connectivity index (χ0) is 17.7. The SMILES string of the molecule is O=C1NCCC1N1CCC2(CCN(C(=O)c3ccn4c3CCCC4)C2)C1. The van der Waals surface area contributed by atoms with E-state index in [0.29, 0.717) is 0 Å². The zero-order valence-electron chi connectivity index (χ0n) is 15.4. The molecule has 26 heavy (non-hydrogen) atoms. The van der Waals surface area contributed by atoms with Gasteiger partial charge in [-0.3, -0.25) is 14.5 Å². The summed E-state index contributed by atoms with van der Waals surface area (Å²) in [5.41, 5.74) is 2.35. The van der Waals surface area contributed by atoms with Crippen molar-refractivity contribution in [3.8, 4) is 0 Å². The molecule has 4 aliphatic rings. The third-order valence-electron chi connectivity index (χ3n) is 7.03. The summed E-state index contributed by atoms with van der Waals surface area (Å²) in [6.07, 6.45) is 8.61. The first kappa shape index (κ1) is 16.4. The van der Waals surface area contributed by atoms with Gasteiger partial charge in [-0.25, -0.2) is 0 Å². The van der Waals surface area contributed by atoms with Gasteiger partial charge in [-0.2, -0.15) is 0 Å². The van der Waals surface area contributed by atoms with Crippen LogP contribution < -0.4 is 5.32 Å². The lowest BCUT2D eigenvalue weighted by atomic mass is 9.86. The van der Waals surface area contributed by atoms with Crippen molar-refractivity contribution in [3.63, 3.8) is 0 Å². The largest absolute Gasteiger partial charge is 0.355 e. The molecular weight excluding hydrogens is 328 g/mol. The van der Waals surface area contributed by atoms with Crippen LogP contribution in [0.5, 0.6) is 0 Å². The third-order valence-corrected chi connectivity index (χ3v) is 7.03. The lowest BCUT2D eigenvalue weighted by Crippen LogP contribution is -2.41. The Morgan fingerprint density at radius 1 is 1.15 bits per heavy atom. The number of rotatable bonds is 2. The van der Waals surface area contributed by atoms with Gasteiger partial charge in [-0.15, -0.1) is 0 Å². The molecule has 2 amide bonds. The molecule has 0 aromatic carbocycles. The summed E-state index contributed by atoms with van der Waals surface area (Å²) in [6, 6.07) is 2.08. The predicted octanol–water partition coefficient (Wildman–Crippen LogP) is 1.25. The molecule has 3 saturated heterocycles. The number of carbonyl (C=O) groups excluding carboxylic acids is 2. The van der Waals surface area contributed by atoms with Gasteiger partial charge in [0.05, 0.1) is 11.6 Å². The lowest BCUT2D eigenvalue weighted by Gasteiger charge is -2.27. The van der Waals surface area contributed by atoms with Crippen molar-refractivity contribution in [1.82, 2.24) is 19.7 Å². The highest BCUT2D eigenvalue weighted by atomic mass is 16.2. The van der Waals surface area contributed by atoms with E-state index >= 15 is 0 Å². The van der Waals surface area contributed by atoms with Gasteiger partial charge >= 0.3 is 0 Å². The fraction of sp³-hybridized carbons (Fsp3) is 0.700. The molecule has 0 radical (unpaired) electrons. The Hall–Kier alpha value is -1.82. The minimum absolute atomic E-state index is 0.0534. The van der Waals surface area contributed by atoms with Crippen LogP contribution in [0.1, 0.15) is 48.2 Å². The smallest absolute Gasteiger partial charge is 0.255 e. The second-order valence-electron chi connectivity index (χ2n) is 8.62. The summed E-state index contributed by atoms with van der Waals surface area (Å²) in [4.78, 5) is 29.6. The van der Waals surface area contributed by atoms with E-state index in [9.17, 15) is 9.59 Å². The van der Waals surface area contributed by atoms with E-state index in [1.165, 1.54) is 18.5 Å². The first-order valence-corrected chi connectivity index (χ1v) is 10.1. The Bertz CT molecular complexity index is 742.